The SMILES string of the molecule is CCC(=O)CC(O)C(C)CCC1OC(=O)CC2CC=C(C)C(O2)/C(C)=C/CCCC(OC2CC(O)C[C@@H](C)O2)/C=C/CC[C@H]1C. The Kier molecular flexibility index (Phi) is 16.0. The predicted molar refractivity (Wildman–Crippen MR) is 175 cm³/mol. The van der Waals surface area contributed by atoms with Gasteiger partial charge in [0.1, 0.15) is 11.9 Å². The van der Waals surface area contributed by atoms with E-state index in [2.05, 4.69) is 45.1 Å². The summed E-state index contributed by atoms with van der Waals surface area (Å²) in [7, 11) is 0. The zero-order chi connectivity index (χ0) is 32.9. The van der Waals surface area contributed by atoms with Crippen LogP contribution in [-0.4, -0.2) is 71.0 Å². The maximum atomic E-state index is 13.2. The van der Waals surface area contributed by atoms with Gasteiger partial charge in [-0.25, -0.2) is 0 Å². The highest BCUT2D eigenvalue weighted by molar-refractivity contribution is 5.78. The molecule has 0 saturated carbocycles. The molecular weight excluding hydrogens is 572 g/mol. The van der Waals surface area contributed by atoms with E-state index in [0.717, 1.165) is 43.3 Å². The number of aliphatic hydroxyl groups is 2. The summed E-state index contributed by atoms with van der Waals surface area (Å²) in [6, 6.07) is 0. The van der Waals surface area contributed by atoms with Gasteiger partial charge in [-0.2, -0.15) is 0 Å². The minimum Gasteiger partial charge on any atom is -0.462 e. The summed E-state index contributed by atoms with van der Waals surface area (Å²) < 4.78 is 24.9. The lowest BCUT2D eigenvalue weighted by molar-refractivity contribution is -0.223. The van der Waals surface area contributed by atoms with Crippen LogP contribution in [0.25, 0.3) is 0 Å². The van der Waals surface area contributed by atoms with E-state index in [1.165, 1.54) is 0 Å². The molecule has 3 aliphatic rings. The van der Waals surface area contributed by atoms with Crippen LogP contribution in [0, 0.1) is 11.8 Å². The van der Waals surface area contributed by atoms with Gasteiger partial charge >= 0.3 is 5.97 Å². The van der Waals surface area contributed by atoms with E-state index in [0.29, 0.717) is 38.5 Å². The molecule has 2 N–H and O–H groups in total. The average Bonchev–Trinajstić information content (AvgIpc) is 2.98. The Hall–Kier alpha value is -1.84. The molecule has 1 saturated heterocycles. The van der Waals surface area contributed by atoms with Crippen molar-refractivity contribution >= 4 is 11.8 Å². The summed E-state index contributed by atoms with van der Waals surface area (Å²) >= 11 is 0. The Morgan fingerprint density at radius 1 is 1.09 bits per heavy atom. The lowest BCUT2D eigenvalue weighted by Gasteiger charge is -2.33. The molecule has 0 radical (unpaired) electrons. The van der Waals surface area contributed by atoms with Crippen LogP contribution in [0.5, 0.6) is 0 Å². The number of rotatable bonds is 9. The molecule has 0 amide bonds. The van der Waals surface area contributed by atoms with E-state index in [1.54, 1.807) is 0 Å². The first-order chi connectivity index (χ1) is 21.4. The van der Waals surface area contributed by atoms with Crippen LogP contribution in [0.4, 0.5) is 0 Å². The number of Topliss-reactive ketones (excluding diaryl/α,β-unsaturated/α-hetero) is 1. The lowest BCUT2D eigenvalue weighted by atomic mass is 9.89. The van der Waals surface area contributed by atoms with Crippen molar-refractivity contribution in [2.24, 2.45) is 11.8 Å². The summed E-state index contributed by atoms with van der Waals surface area (Å²) in [6.45, 7) is 12.0. The molecule has 3 aliphatic heterocycles. The van der Waals surface area contributed by atoms with Crippen LogP contribution in [-0.2, 0) is 28.5 Å². The first kappa shape index (κ1) is 37.6. The Morgan fingerprint density at radius 3 is 2.58 bits per heavy atom. The van der Waals surface area contributed by atoms with Gasteiger partial charge < -0.3 is 29.2 Å². The molecule has 2 bridgehead atoms. The normalized spacial score (nSPS) is 35.9. The molecule has 8 unspecified atom stereocenters. The van der Waals surface area contributed by atoms with Gasteiger partial charge in [-0.3, -0.25) is 9.59 Å². The van der Waals surface area contributed by atoms with Crippen molar-refractivity contribution in [3.05, 3.63) is 35.5 Å². The van der Waals surface area contributed by atoms with E-state index >= 15 is 0 Å². The third kappa shape index (κ3) is 13.1. The van der Waals surface area contributed by atoms with E-state index in [9.17, 15) is 19.8 Å². The Bertz CT molecular complexity index is 1010. The van der Waals surface area contributed by atoms with Crippen molar-refractivity contribution < 1.29 is 38.7 Å². The van der Waals surface area contributed by atoms with Gasteiger partial charge in [-0.1, -0.05) is 45.1 Å². The minimum atomic E-state index is -0.696. The van der Waals surface area contributed by atoms with Crippen molar-refractivity contribution in [2.45, 2.75) is 174 Å². The second kappa shape index (κ2) is 19.1. The smallest absolute Gasteiger partial charge is 0.308 e. The molecule has 3 heterocycles. The second-order valence-electron chi connectivity index (χ2n) is 13.8. The van der Waals surface area contributed by atoms with E-state index < -0.39 is 18.5 Å². The summed E-state index contributed by atoms with van der Waals surface area (Å²) in [6.07, 6.45) is 14.4. The monoisotopic (exact) mass is 632 g/mol. The van der Waals surface area contributed by atoms with Gasteiger partial charge in [0.2, 0.25) is 0 Å². The Labute approximate surface area is 271 Å². The number of cyclic esters (lactones) is 1. The molecule has 8 heteroatoms. The molecule has 256 valence electrons. The quantitative estimate of drug-likeness (QED) is 0.208. The molecule has 10 atom stereocenters. The number of hydrogen-bond acceptors (Lipinski definition) is 8. The number of ketones is 1. The van der Waals surface area contributed by atoms with E-state index in [4.69, 9.17) is 18.9 Å². The van der Waals surface area contributed by atoms with Gasteiger partial charge in [0.15, 0.2) is 6.29 Å². The highest BCUT2D eigenvalue weighted by Gasteiger charge is 2.30. The van der Waals surface area contributed by atoms with Crippen LogP contribution >= 0.6 is 0 Å². The molecule has 8 nitrogen and oxygen atoms in total. The number of ether oxygens (including phenoxy) is 4. The largest absolute Gasteiger partial charge is 0.462 e. The van der Waals surface area contributed by atoms with Crippen LogP contribution in [0.15, 0.2) is 35.5 Å². The highest BCUT2D eigenvalue weighted by Crippen LogP contribution is 2.29. The van der Waals surface area contributed by atoms with Crippen LogP contribution in [0.2, 0.25) is 0 Å². The summed E-state index contributed by atoms with van der Waals surface area (Å²) in [5.74, 6) is -0.178. The summed E-state index contributed by atoms with van der Waals surface area (Å²) in [4.78, 5) is 25.1. The molecule has 0 spiro atoms. The van der Waals surface area contributed by atoms with Crippen molar-refractivity contribution in [1.82, 2.24) is 0 Å². The zero-order valence-corrected chi connectivity index (χ0v) is 28.6. The lowest BCUT2D eigenvalue weighted by Crippen LogP contribution is -2.37. The van der Waals surface area contributed by atoms with Crippen LogP contribution in [0.3, 0.4) is 0 Å². The molecular formula is C37H60O8. The van der Waals surface area contributed by atoms with Gasteiger partial charge in [0.05, 0.1) is 43.0 Å². The molecule has 3 rings (SSSR count). The number of hydrogen-bond donors (Lipinski definition) is 2. The van der Waals surface area contributed by atoms with Gasteiger partial charge in [0, 0.05) is 19.3 Å². The molecule has 0 aromatic carbocycles. The minimum absolute atomic E-state index is 0.0420. The summed E-state index contributed by atoms with van der Waals surface area (Å²) in [5.41, 5.74) is 2.30. The molecule has 0 aromatic rings. The van der Waals surface area contributed by atoms with E-state index in [1.807, 2.05) is 20.8 Å². The topological polar surface area (TPSA) is 112 Å². The van der Waals surface area contributed by atoms with Crippen molar-refractivity contribution in [2.75, 3.05) is 0 Å². The molecule has 45 heavy (non-hydrogen) atoms. The van der Waals surface area contributed by atoms with Crippen LogP contribution in [0.1, 0.15) is 125 Å². The van der Waals surface area contributed by atoms with Crippen molar-refractivity contribution in [1.29, 1.82) is 0 Å². The molecule has 0 aromatic heterocycles. The first-order valence-corrected chi connectivity index (χ1v) is 17.5. The summed E-state index contributed by atoms with van der Waals surface area (Å²) in [5, 5.41) is 20.8. The number of aliphatic hydroxyl groups excluding tert-OH is 2. The third-order valence-electron chi connectivity index (χ3n) is 9.64. The number of allylic oxidation sites excluding steroid dienone is 2. The predicted octanol–water partition coefficient (Wildman–Crippen LogP) is 6.91. The number of fused-ring (bicyclic) bond motifs is 2. The van der Waals surface area contributed by atoms with E-state index in [-0.39, 0.29) is 66.9 Å². The standard InChI is InChI=1S/C37H60O8/c1-7-29(38)21-33(40)24(2)17-19-34-25(3)12-8-10-14-31(43-36-22-30(39)20-28(6)42-36)15-11-9-13-26(4)37-27(5)16-18-32(44-37)23-35(41)45-34/h10,13-14,16,24-25,28,30-34,36-37,39-40H,7-9,11-12,15,17-23H2,1-6H3/b14-10+,26-13+/t24?,25-,28-,30?,31?,32?,33?,34?,36?,37?/m1/s1. The second-order valence-corrected chi connectivity index (χ2v) is 13.8. The third-order valence-corrected chi connectivity index (χ3v) is 9.64. The fourth-order valence-electron chi connectivity index (χ4n) is 6.55. The van der Waals surface area contributed by atoms with Gasteiger partial charge in [0.25, 0.3) is 0 Å². The zero-order valence-electron chi connectivity index (χ0n) is 28.6. The van der Waals surface area contributed by atoms with Crippen molar-refractivity contribution in [3.63, 3.8) is 0 Å². The molecule has 1 fully saturated rings. The fourth-order valence-corrected chi connectivity index (χ4v) is 6.55. The van der Waals surface area contributed by atoms with Gasteiger partial charge in [-0.05, 0) is 102 Å². The maximum absolute atomic E-state index is 13.2. The number of carbonyl (C=O) groups excluding carboxylic acids is 2. The number of carbonyl (C=O) groups is 2. The Morgan fingerprint density at radius 2 is 1.84 bits per heavy atom. The van der Waals surface area contributed by atoms with Gasteiger partial charge in [-0.15, -0.1) is 0 Å². The maximum Gasteiger partial charge on any atom is 0.308 e. The highest BCUT2D eigenvalue weighted by atomic mass is 16.7. The van der Waals surface area contributed by atoms with Crippen LogP contribution < -0.4 is 0 Å². The first-order valence-electron chi connectivity index (χ1n) is 17.5. The molecule has 0 aliphatic carbocycles. The van der Waals surface area contributed by atoms with Crippen molar-refractivity contribution in [3.8, 4) is 0 Å². The average molecular weight is 633 g/mol. The Balaban J connectivity index is 1.74. The number of esters is 1. The fraction of sp³-hybridized carbons (Fsp3) is 0.784.